The predicted molar refractivity (Wildman–Crippen MR) is 95.0 cm³/mol. The minimum absolute atomic E-state index is 0.0560. The number of nitrogens with zero attached hydrogens (tertiary/aromatic N) is 2. The van der Waals surface area contributed by atoms with E-state index in [-0.39, 0.29) is 11.9 Å². The van der Waals surface area contributed by atoms with Gasteiger partial charge in [-0.2, -0.15) is 0 Å². The SMILES string of the molecule is CC(C)N1C[C@@H](C)[C@@H](NC(=O)c2ccc(N3CCCC3)cc2)C1. The van der Waals surface area contributed by atoms with Gasteiger partial charge in [-0.25, -0.2) is 0 Å². The molecule has 3 rings (SSSR count). The summed E-state index contributed by atoms with van der Waals surface area (Å²) in [7, 11) is 0. The zero-order chi connectivity index (χ0) is 16.4. The van der Waals surface area contributed by atoms with Crippen LogP contribution in [0, 0.1) is 5.92 Å². The molecule has 1 aromatic rings. The van der Waals surface area contributed by atoms with E-state index in [0.29, 0.717) is 12.0 Å². The van der Waals surface area contributed by atoms with Gasteiger partial charge in [0.25, 0.3) is 5.91 Å². The Labute approximate surface area is 139 Å². The molecule has 2 aliphatic rings. The Kier molecular flexibility index (Phi) is 4.90. The standard InChI is InChI=1S/C19H29N3O/c1-14(2)22-12-15(3)18(13-22)20-19(23)16-6-8-17(9-7-16)21-10-4-5-11-21/h6-9,14-15,18H,4-5,10-13H2,1-3H3,(H,20,23)/t15-,18+/m1/s1. The van der Waals surface area contributed by atoms with E-state index < -0.39 is 0 Å². The number of amides is 1. The van der Waals surface area contributed by atoms with E-state index in [4.69, 9.17) is 0 Å². The van der Waals surface area contributed by atoms with E-state index in [0.717, 1.165) is 31.7 Å². The van der Waals surface area contributed by atoms with Crippen LogP contribution in [0.15, 0.2) is 24.3 Å². The molecule has 0 aliphatic carbocycles. The minimum atomic E-state index is 0.0560. The summed E-state index contributed by atoms with van der Waals surface area (Å²) in [5, 5.41) is 3.22. The third-order valence-corrected chi connectivity index (χ3v) is 5.29. The van der Waals surface area contributed by atoms with Gasteiger partial charge in [0.1, 0.15) is 0 Å². The van der Waals surface area contributed by atoms with Gasteiger partial charge in [-0.15, -0.1) is 0 Å². The maximum absolute atomic E-state index is 12.5. The van der Waals surface area contributed by atoms with Gasteiger partial charge in [-0.3, -0.25) is 9.69 Å². The summed E-state index contributed by atoms with van der Waals surface area (Å²) in [5.41, 5.74) is 2.00. The number of rotatable bonds is 4. The van der Waals surface area contributed by atoms with Crippen LogP contribution in [-0.2, 0) is 0 Å². The van der Waals surface area contributed by atoms with Gasteiger partial charge in [0, 0.05) is 49.5 Å². The minimum Gasteiger partial charge on any atom is -0.372 e. The van der Waals surface area contributed by atoms with Crippen molar-refractivity contribution in [1.29, 1.82) is 0 Å². The van der Waals surface area contributed by atoms with E-state index in [9.17, 15) is 4.79 Å². The van der Waals surface area contributed by atoms with Crippen molar-refractivity contribution in [3.63, 3.8) is 0 Å². The van der Waals surface area contributed by atoms with Crippen LogP contribution in [0.3, 0.4) is 0 Å². The maximum Gasteiger partial charge on any atom is 0.251 e. The summed E-state index contributed by atoms with van der Waals surface area (Å²) >= 11 is 0. The molecule has 2 aliphatic heterocycles. The second kappa shape index (κ2) is 6.91. The summed E-state index contributed by atoms with van der Waals surface area (Å²) in [6.45, 7) is 10.9. The third kappa shape index (κ3) is 3.69. The molecule has 0 saturated carbocycles. The highest BCUT2D eigenvalue weighted by Gasteiger charge is 2.31. The molecule has 2 saturated heterocycles. The van der Waals surface area contributed by atoms with Crippen LogP contribution in [-0.4, -0.2) is 49.1 Å². The van der Waals surface area contributed by atoms with Crippen LogP contribution < -0.4 is 10.2 Å². The van der Waals surface area contributed by atoms with Crippen molar-refractivity contribution < 1.29 is 4.79 Å². The highest BCUT2D eigenvalue weighted by Crippen LogP contribution is 2.22. The summed E-state index contributed by atoms with van der Waals surface area (Å²) in [4.78, 5) is 17.3. The molecule has 2 heterocycles. The van der Waals surface area contributed by atoms with Crippen molar-refractivity contribution >= 4 is 11.6 Å². The molecule has 2 atom stereocenters. The lowest BCUT2D eigenvalue weighted by atomic mass is 10.1. The molecular formula is C19H29N3O. The highest BCUT2D eigenvalue weighted by molar-refractivity contribution is 5.94. The van der Waals surface area contributed by atoms with Gasteiger partial charge in [-0.1, -0.05) is 6.92 Å². The fourth-order valence-electron chi connectivity index (χ4n) is 3.66. The normalized spacial score (nSPS) is 25.3. The van der Waals surface area contributed by atoms with Gasteiger partial charge in [0.2, 0.25) is 0 Å². The largest absolute Gasteiger partial charge is 0.372 e. The molecule has 0 spiro atoms. The van der Waals surface area contributed by atoms with Gasteiger partial charge in [0.05, 0.1) is 0 Å². The third-order valence-electron chi connectivity index (χ3n) is 5.29. The number of carbonyl (C=O) groups excluding carboxylic acids is 1. The van der Waals surface area contributed by atoms with Crippen molar-refractivity contribution in [1.82, 2.24) is 10.2 Å². The van der Waals surface area contributed by atoms with Crippen molar-refractivity contribution in [2.24, 2.45) is 5.92 Å². The van der Waals surface area contributed by atoms with Crippen molar-refractivity contribution in [2.45, 2.75) is 45.7 Å². The Morgan fingerprint density at radius 1 is 1.13 bits per heavy atom. The molecule has 23 heavy (non-hydrogen) atoms. The van der Waals surface area contributed by atoms with E-state index in [1.165, 1.54) is 18.5 Å². The summed E-state index contributed by atoms with van der Waals surface area (Å²) < 4.78 is 0. The Morgan fingerprint density at radius 2 is 1.78 bits per heavy atom. The first-order valence-electron chi connectivity index (χ1n) is 8.94. The highest BCUT2D eigenvalue weighted by atomic mass is 16.1. The van der Waals surface area contributed by atoms with Crippen molar-refractivity contribution in [3.05, 3.63) is 29.8 Å². The number of likely N-dealkylation sites (tertiary alicyclic amines) is 1. The van der Waals surface area contributed by atoms with Crippen LogP contribution in [0.5, 0.6) is 0 Å². The van der Waals surface area contributed by atoms with Crippen LogP contribution >= 0.6 is 0 Å². The van der Waals surface area contributed by atoms with E-state index >= 15 is 0 Å². The summed E-state index contributed by atoms with van der Waals surface area (Å²) in [5.74, 6) is 0.561. The smallest absolute Gasteiger partial charge is 0.251 e. The summed E-state index contributed by atoms with van der Waals surface area (Å²) in [6, 6.07) is 8.88. The maximum atomic E-state index is 12.5. The average molecular weight is 315 g/mol. The molecule has 4 heteroatoms. The first-order valence-corrected chi connectivity index (χ1v) is 8.94. The number of hydrogen-bond donors (Lipinski definition) is 1. The van der Waals surface area contributed by atoms with E-state index in [1.54, 1.807) is 0 Å². The van der Waals surface area contributed by atoms with Crippen LogP contribution in [0.1, 0.15) is 44.0 Å². The monoisotopic (exact) mass is 315 g/mol. The molecule has 0 unspecified atom stereocenters. The molecule has 0 bridgehead atoms. The van der Waals surface area contributed by atoms with Crippen LogP contribution in [0.2, 0.25) is 0 Å². The summed E-state index contributed by atoms with van der Waals surface area (Å²) in [6.07, 6.45) is 2.54. The molecular weight excluding hydrogens is 286 g/mol. The second-order valence-corrected chi connectivity index (χ2v) is 7.35. The number of nitrogens with one attached hydrogen (secondary N) is 1. The first kappa shape index (κ1) is 16.3. The predicted octanol–water partition coefficient (Wildman–Crippen LogP) is 2.75. The number of carbonyl (C=O) groups is 1. The van der Waals surface area contributed by atoms with Gasteiger partial charge in [-0.05, 0) is 56.9 Å². The lowest BCUT2D eigenvalue weighted by Crippen LogP contribution is -2.40. The van der Waals surface area contributed by atoms with Crippen LogP contribution in [0.4, 0.5) is 5.69 Å². The molecule has 1 N–H and O–H groups in total. The number of anilines is 1. The molecule has 4 nitrogen and oxygen atoms in total. The molecule has 0 aromatic heterocycles. The van der Waals surface area contributed by atoms with Gasteiger partial charge in [0.15, 0.2) is 0 Å². The second-order valence-electron chi connectivity index (χ2n) is 7.35. The van der Waals surface area contributed by atoms with Gasteiger partial charge >= 0.3 is 0 Å². The lowest BCUT2D eigenvalue weighted by Gasteiger charge is -2.20. The Balaban J connectivity index is 1.60. The topological polar surface area (TPSA) is 35.6 Å². The lowest BCUT2D eigenvalue weighted by molar-refractivity contribution is 0.0930. The van der Waals surface area contributed by atoms with Crippen LogP contribution in [0.25, 0.3) is 0 Å². The first-order chi connectivity index (χ1) is 11.0. The number of hydrogen-bond acceptors (Lipinski definition) is 3. The molecule has 1 amide bonds. The molecule has 2 fully saturated rings. The zero-order valence-corrected chi connectivity index (χ0v) is 14.6. The molecule has 0 radical (unpaired) electrons. The van der Waals surface area contributed by atoms with Crippen molar-refractivity contribution in [2.75, 3.05) is 31.1 Å². The molecule has 126 valence electrons. The zero-order valence-electron chi connectivity index (χ0n) is 14.6. The average Bonchev–Trinajstić information content (AvgIpc) is 3.18. The molecule has 1 aromatic carbocycles. The Morgan fingerprint density at radius 3 is 2.35 bits per heavy atom. The van der Waals surface area contributed by atoms with E-state index in [2.05, 4.69) is 48.0 Å². The Bertz CT molecular complexity index is 534. The fourth-order valence-corrected chi connectivity index (χ4v) is 3.66. The fraction of sp³-hybridized carbons (Fsp3) is 0.632. The van der Waals surface area contributed by atoms with E-state index in [1.807, 2.05) is 12.1 Å². The quantitative estimate of drug-likeness (QED) is 0.928. The number of benzene rings is 1. The van der Waals surface area contributed by atoms with Crippen molar-refractivity contribution in [3.8, 4) is 0 Å². The van der Waals surface area contributed by atoms with Gasteiger partial charge < -0.3 is 10.2 Å². The Hall–Kier alpha value is -1.55.